The van der Waals surface area contributed by atoms with Gasteiger partial charge in [-0.15, -0.1) is 0 Å². The molecule has 0 saturated carbocycles. The zero-order valence-electron chi connectivity index (χ0n) is 12.5. The molecular formula is C16H25N3O. The van der Waals surface area contributed by atoms with Crippen molar-refractivity contribution >= 4 is 11.5 Å². The second-order valence-electron chi connectivity index (χ2n) is 5.47. The number of hydrogen-bond acceptors (Lipinski definition) is 3. The van der Waals surface area contributed by atoms with Gasteiger partial charge in [0.2, 0.25) is 0 Å². The van der Waals surface area contributed by atoms with Gasteiger partial charge in [-0.2, -0.15) is 0 Å². The van der Waals surface area contributed by atoms with Crippen LogP contribution >= 0.6 is 0 Å². The number of nitrogens with one attached hydrogen (secondary N) is 1. The highest BCUT2D eigenvalue weighted by atomic mass is 16.5. The highest BCUT2D eigenvalue weighted by molar-refractivity contribution is 6.01. The molecule has 0 aromatic heterocycles. The molecule has 0 radical (unpaired) electrons. The quantitative estimate of drug-likeness (QED) is 0.641. The minimum absolute atomic E-state index is 0.139. The number of nitrogens with zero attached hydrogens (tertiary/aromatic N) is 1. The van der Waals surface area contributed by atoms with Crippen LogP contribution in [0, 0.1) is 12.3 Å². The van der Waals surface area contributed by atoms with Crippen LogP contribution in [-0.4, -0.2) is 31.6 Å². The van der Waals surface area contributed by atoms with Gasteiger partial charge in [0.15, 0.2) is 0 Å². The summed E-state index contributed by atoms with van der Waals surface area (Å²) in [5.74, 6) is 0.139. The zero-order valence-corrected chi connectivity index (χ0v) is 12.5. The normalized spacial score (nSPS) is 19.1. The first kappa shape index (κ1) is 14.9. The summed E-state index contributed by atoms with van der Waals surface area (Å²) in [5.41, 5.74) is 8.84. The van der Waals surface area contributed by atoms with Crippen LogP contribution in [0.5, 0.6) is 0 Å². The van der Waals surface area contributed by atoms with Crippen molar-refractivity contribution in [2.75, 3.05) is 24.6 Å². The monoisotopic (exact) mass is 275 g/mol. The van der Waals surface area contributed by atoms with Crippen molar-refractivity contribution in [2.24, 2.45) is 5.73 Å². The molecule has 1 aliphatic heterocycles. The molecule has 0 aliphatic carbocycles. The van der Waals surface area contributed by atoms with E-state index in [-0.39, 0.29) is 5.84 Å². The molecular weight excluding hydrogens is 250 g/mol. The lowest BCUT2D eigenvalue weighted by Crippen LogP contribution is -2.41. The minimum atomic E-state index is 0.139. The number of piperidine rings is 1. The molecule has 1 saturated heterocycles. The molecule has 1 aromatic rings. The van der Waals surface area contributed by atoms with Gasteiger partial charge in [0, 0.05) is 25.3 Å². The number of ether oxygens (including phenoxy) is 1. The first-order valence-electron chi connectivity index (χ1n) is 7.44. The van der Waals surface area contributed by atoms with Crippen molar-refractivity contribution in [2.45, 2.75) is 39.2 Å². The number of aryl methyl sites for hydroxylation is 1. The number of para-hydroxylation sites is 1. The van der Waals surface area contributed by atoms with E-state index in [0.29, 0.717) is 6.10 Å². The van der Waals surface area contributed by atoms with Crippen LogP contribution in [-0.2, 0) is 4.74 Å². The van der Waals surface area contributed by atoms with Gasteiger partial charge in [-0.25, -0.2) is 0 Å². The van der Waals surface area contributed by atoms with Crippen LogP contribution in [0.3, 0.4) is 0 Å². The smallest absolute Gasteiger partial charge is 0.124 e. The first-order chi connectivity index (χ1) is 9.63. The van der Waals surface area contributed by atoms with E-state index in [4.69, 9.17) is 15.9 Å². The molecule has 1 aliphatic rings. The maximum Gasteiger partial charge on any atom is 0.124 e. The van der Waals surface area contributed by atoms with Crippen LogP contribution < -0.4 is 10.6 Å². The molecule has 3 N–H and O–H groups in total. The minimum Gasteiger partial charge on any atom is -0.384 e. The van der Waals surface area contributed by atoms with Gasteiger partial charge in [0.25, 0.3) is 0 Å². The van der Waals surface area contributed by atoms with E-state index in [9.17, 15) is 0 Å². The van der Waals surface area contributed by atoms with E-state index < -0.39 is 0 Å². The van der Waals surface area contributed by atoms with Gasteiger partial charge in [-0.3, -0.25) is 5.41 Å². The molecule has 0 bridgehead atoms. The predicted molar refractivity (Wildman–Crippen MR) is 83.7 cm³/mol. The number of hydrogen-bond donors (Lipinski definition) is 2. The number of nitrogen functional groups attached to an aromatic ring is 1. The molecule has 1 aromatic carbocycles. The van der Waals surface area contributed by atoms with Crippen molar-refractivity contribution in [3.63, 3.8) is 0 Å². The average molecular weight is 275 g/mol. The number of anilines is 1. The number of amidine groups is 1. The highest BCUT2D eigenvalue weighted by Crippen LogP contribution is 2.28. The number of rotatable bonds is 5. The van der Waals surface area contributed by atoms with Gasteiger partial charge in [-0.05, 0) is 37.8 Å². The van der Waals surface area contributed by atoms with Gasteiger partial charge >= 0.3 is 0 Å². The van der Waals surface area contributed by atoms with Crippen molar-refractivity contribution < 1.29 is 4.74 Å². The highest BCUT2D eigenvalue weighted by Gasteiger charge is 2.23. The molecule has 1 atom stereocenters. The fourth-order valence-corrected chi connectivity index (χ4v) is 2.86. The van der Waals surface area contributed by atoms with Gasteiger partial charge in [0.05, 0.1) is 11.8 Å². The maximum absolute atomic E-state index is 7.77. The molecule has 2 rings (SSSR count). The molecule has 0 spiro atoms. The SMILES string of the molecule is CCCOC1CCCN(c2c(C)cccc2C(=N)N)C1. The summed E-state index contributed by atoms with van der Waals surface area (Å²) in [6.07, 6.45) is 3.60. The topological polar surface area (TPSA) is 62.3 Å². The first-order valence-corrected chi connectivity index (χ1v) is 7.44. The summed E-state index contributed by atoms with van der Waals surface area (Å²) in [6, 6.07) is 5.98. The fourth-order valence-electron chi connectivity index (χ4n) is 2.86. The second-order valence-corrected chi connectivity index (χ2v) is 5.47. The van der Waals surface area contributed by atoms with Crippen molar-refractivity contribution in [3.05, 3.63) is 29.3 Å². The van der Waals surface area contributed by atoms with E-state index in [1.807, 2.05) is 12.1 Å². The Labute approximate surface area is 121 Å². The Morgan fingerprint density at radius 1 is 1.50 bits per heavy atom. The molecule has 1 unspecified atom stereocenters. The molecule has 1 heterocycles. The third kappa shape index (κ3) is 3.31. The summed E-state index contributed by atoms with van der Waals surface area (Å²) in [4.78, 5) is 2.33. The van der Waals surface area contributed by atoms with E-state index in [0.717, 1.165) is 50.2 Å². The van der Waals surface area contributed by atoms with Gasteiger partial charge in [-0.1, -0.05) is 19.1 Å². The average Bonchev–Trinajstić information content (AvgIpc) is 2.45. The summed E-state index contributed by atoms with van der Waals surface area (Å²) < 4.78 is 5.90. The van der Waals surface area contributed by atoms with Crippen molar-refractivity contribution in [1.29, 1.82) is 5.41 Å². The molecule has 0 amide bonds. The maximum atomic E-state index is 7.77. The van der Waals surface area contributed by atoms with Crippen LogP contribution in [0.2, 0.25) is 0 Å². The Hall–Kier alpha value is -1.55. The van der Waals surface area contributed by atoms with Gasteiger partial charge in [0.1, 0.15) is 5.84 Å². The number of benzene rings is 1. The Morgan fingerprint density at radius 3 is 3.00 bits per heavy atom. The lowest BCUT2D eigenvalue weighted by Gasteiger charge is -2.36. The van der Waals surface area contributed by atoms with E-state index in [1.54, 1.807) is 0 Å². The van der Waals surface area contributed by atoms with E-state index in [2.05, 4.69) is 24.8 Å². The molecule has 20 heavy (non-hydrogen) atoms. The van der Waals surface area contributed by atoms with Crippen LogP contribution in [0.4, 0.5) is 5.69 Å². The summed E-state index contributed by atoms with van der Waals surface area (Å²) in [7, 11) is 0. The fraction of sp³-hybridized carbons (Fsp3) is 0.562. The van der Waals surface area contributed by atoms with Crippen LogP contribution in [0.25, 0.3) is 0 Å². The largest absolute Gasteiger partial charge is 0.384 e. The van der Waals surface area contributed by atoms with Crippen molar-refractivity contribution in [3.8, 4) is 0 Å². The molecule has 110 valence electrons. The standard InChI is InChI=1S/C16H25N3O/c1-3-10-20-13-7-5-9-19(11-13)15-12(2)6-4-8-14(15)16(17)18/h4,6,8,13H,3,5,7,9-11H2,1-2H3,(H3,17,18). The Morgan fingerprint density at radius 2 is 2.30 bits per heavy atom. The molecule has 1 fully saturated rings. The van der Waals surface area contributed by atoms with Crippen LogP contribution in [0.1, 0.15) is 37.3 Å². The molecule has 4 heteroatoms. The Kier molecular flexibility index (Phi) is 5.01. The third-order valence-corrected chi connectivity index (χ3v) is 3.78. The number of nitrogens with two attached hydrogens (primary N) is 1. The second kappa shape index (κ2) is 6.75. The predicted octanol–water partition coefficient (Wildman–Crippen LogP) is 2.67. The summed E-state index contributed by atoms with van der Waals surface area (Å²) >= 11 is 0. The van der Waals surface area contributed by atoms with Crippen molar-refractivity contribution in [1.82, 2.24) is 0 Å². The van der Waals surface area contributed by atoms with E-state index in [1.165, 1.54) is 5.56 Å². The molecule has 4 nitrogen and oxygen atoms in total. The summed E-state index contributed by atoms with van der Waals surface area (Å²) in [6.45, 7) is 6.95. The Balaban J connectivity index is 2.20. The van der Waals surface area contributed by atoms with E-state index >= 15 is 0 Å². The summed E-state index contributed by atoms with van der Waals surface area (Å²) in [5, 5.41) is 7.77. The lowest BCUT2D eigenvalue weighted by atomic mass is 10.0. The third-order valence-electron chi connectivity index (χ3n) is 3.78. The zero-order chi connectivity index (χ0) is 14.5. The van der Waals surface area contributed by atoms with Gasteiger partial charge < -0.3 is 15.4 Å². The van der Waals surface area contributed by atoms with Crippen LogP contribution in [0.15, 0.2) is 18.2 Å². The lowest BCUT2D eigenvalue weighted by molar-refractivity contribution is 0.0440. The Bertz CT molecular complexity index is 473.